The Kier molecular flexibility index (Phi) is 9.81. The van der Waals surface area contributed by atoms with Crippen molar-refractivity contribution in [3.63, 3.8) is 0 Å². The van der Waals surface area contributed by atoms with E-state index in [1.54, 1.807) is 36.4 Å². The van der Waals surface area contributed by atoms with Gasteiger partial charge >= 0.3 is 20.2 Å². The van der Waals surface area contributed by atoms with Gasteiger partial charge in [0.2, 0.25) is 0 Å². The zero-order valence-corrected chi connectivity index (χ0v) is 26.6. The molecule has 0 atom stereocenters. The quantitative estimate of drug-likeness (QED) is 0.158. The van der Waals surface area contributed by atoms with Crippen molar-refractivity contribution < 1.29 is 44.1 Å². The number of ether oxygens (including phenoxy) is 4. The summed E-state index contributed by atoms with van der Waals surface area (Å²) in [6.45, 7) is 4.66. The molecule has 0 spiro atoms. The molecular weight excluding hydrogens is 596 g/mol. The van der Waals surface area contributed by atoms with Crippen molar-refractivity contribution in [3.8, 4) is 56.8 Å². The second-order valence-electron chi connectivity index (χ2n) is 10.5. The van der Waals surface area contributed by atoms with E-state index in [4.69, 9.17) is 27.3 Å². The zero-order valence-electron chi connectivity index (χ0n) is 25.0. The van der Waals surface area contributed by atoms with Crippen LogP contribution in [0.1, 0.15) is 26.7 Å². The first-order chi connectivity index (χ1) is 20.3. The Hall–Kier alpha value is -3.90. The van der Waals surface area contributed by atoms with E-state index < -0.39 is 20.2 Å². The maximum Gasteiger partial charge on any atom is 0.306 e. The first-order valence-corrected chi connectivity index (χ1v) is 17.1. The minimum Gasteiger partial charge on any atom is -0.496 e. The summed E-state index contributed by atoms with van der Waals surface area (Å²) in [6, 6.07) is 13.2. The van der Waals surface area contributed by atoms with Gasteiger partial charge in [0.05, 0.1) is 38.9 Å². The van der Waals surface area contributed by atoms with Gasteiger partial charge in [-0.1, -0.05) is 23.8 Å². The zero-order chi connectivity index (χ0) is 31.4. The summed E-state index contributed by atoms with van der Waals surface area (Å²) in [7, 11) is -4.77. The lowest BCUT2D eigenvalue weighted by Gasteiger charge is -2.22. The highest BCUT2D eigenvalue weighted by Gasteiger charge is 2.29. The highest BCUT2D eigenvalue weighted by atomic mass is 32.2. The van der Waals surface area contributed by atoms with Crippen LogP contribution in [0.5, 0.6) is 34.5 Å². The average molecular weight is 633 g/mol. The number of hydrogen-bond donors (Lipinski definition) is 0. The van der Waals surface area contributed by atoms with Gasteiger partial charge in [-0.15, -0.1) is 0 Å². The molecule has 1 aliphatic carbocycles. The van der Waals surface area contributed by atoms with Crippen LogP contribution in [0, 0.1) is 5.92 Å². The molecule has 0 bridgehead atoms. The largest absolute Gasteiger partial charge is 0.496 e. The molecule has 0 aromatic heterocycles. The molecular formula is C31H36O10S2. The van der Waals surface area contributed by atoms with Crippen molar-refractivity contribution in [2.45, 2.75) is 26.7 Å². The highest BCUT2D eigenvalue weighted by Crippen LogP contribution is 2.52. The number of methoxy groups -OCH3 is 2. The van der Waals surface area contributed by atoms with Crippen LogP contribution in [-0.2, 0) is 20.2 Å². The van der Waals surface area contributed by atoms with Crippen LogP contribution in [0.3, 0.4) is 0 Å². The molecule has 12 heteroatoms. The predicted molar refractivity (Wildman–Crippen MR) is 165 cm³/mol. The van der Waals surface area contributed by atoms with Gasteiger partial charge in [0.1, 0.15) is 18.1 Å². The van der Waals surface area contributed by atoms with Crippen LogP contribution in [0.25, 0.3) is 22.3 Å². The SMILES string of the molecule is COc1cc(-c2c(OC)cc(-c3ccc(OS(C)(=O)=O)cc3)c(OCC3CC3)c2OS(C)(=O)=O)ccc1OCC=C(C)C. The summed E-state index contributed by atoms with van der Waals surface area (Å²) in [4.78, 5) is 0. The average Bonchev–Trinajstić information content (AvgIpc) is 3.75. The molecule has 0 unspecified atom stereocenters. The topological polar surface area (TPSA) is 124 Å². The molecule has 1 fully saturated rings. The third-order valence-corrected chi connectivity index (χ3v) is 7.37. The van der Waals surface area contributed by atoms with Crippen LogP contribution in [0.15, 0.2) is 60.2 Å². The summed E-state index contributed by atoms with van der Waals surface area (Å²) in [5.41, 5.74) is 3.07. The minimum atomic E-state index is -4.03. The van der Waals surface area contributed by atoms with Crippen molar-refractivity contribution in [1.29, 1.82) is 0 Å². The first kappa shape index (κ1) is 32.0. The number of hydrogen-bond acceptors (Lipinski definition) is 10. The Balaban J connectivity index is 1.92. The third kappa shape index (κ3) is 8.80. The van der Waals surface area contributed by atoms with Crippen LogP contribution >= 0.6 is 0 Å². The second-order valence-corrected chi connectivity index (χ2v) is 13.6. The maximum atomic E-state index is 12.6. The lowest BCUT2D eigenvalue weighted by molar-refractivity contribution is 0.291. The Morgan fingerprint density at radius 1 is 0.767 bits per heavy atom. The third-order valence-electron chi connectivity index (χ3n) is 6.41. The van der Waals surface area contributed by atoms with E-state index >= 15 is 0 Å². The molecule has 0 heterocycles. The predicted octanol–water partition coefficient (Wildman–Crippen LogP) is 5.85. The van der Waals surface area contributed by atoms with E-state index in [1.165, 1.54) is 26.4 Å². The summed E-state index contributed by atoms with van der Waals surface area (Å²) in [5.74, 6) is 1.87. The first-order valence-electron chi connectivity index (χ1n) is 13.5. The number of benzene rings is 3. The van der Waals surface area contributed by atoms with Gasteiger partial charge in [-0.3, -0.25) is 0 Å². The lowest BCUT2D eigenvalue weighted by Crippen LogP contribution is -2.11. The monoisotopic (exact) mass is 632 g/mol. The molecule has 3 aromatic carbocycles. The Labute approximate surface area is 253 Å². The van der Waals surface area contributed by atoms with Crippen LogP contribution < -0.4 is 27.3 Å². The second kappa shape index (κ2) is 13.2. The fourth-order valence-electron chi connectivity index (χ4n) is 4.23. The summed E-state index contributed by atoms with van der Waals surface area (Å²) in [5, 5.41) is 0. The number of rotatable bonds is 14. The lowest BCUT2D eigenvalue weighted by atomic mass is 9.96. The maximum absolute atomic E-state index is 12.6. The molecule has 0 radical (unpaired) electrons. The normalized spacial score (nSPS) is 13.2. The fraction of sp³-hybridized carbons (Fsp3) is 0.355. The molecule has 10 nitrogen and oxygen atoms in total. The summed E-state index contributed by atoms with van der Waals surface area (Å²) < 4.78 is 82.6. The standard InChI is InChI=1S/C31H36O10S2/c1-20(2)15-16-38-26-14-11-23(17-27(26)36-3)29-28(37-4)18-25(22-9-12-24(13-10-22)40-42(5,32)33)30(39-19-21-7-8-21)31(29)41-43(6,34)35/h9-15,17-18,21H,7-8,16,19H2,1-6H3. The van der Waals surface area contributed by atoms with Gasteiger partial charge in [0.25, 0.3) is 0 Å². The fourth-order valence-corrected chi connectivity index (χ4v) is 5.15. The highest BCUT2D eigenvalue weighted by molar-refractivity contribution is 7.86. The molecule has 1 aliphatic rings. The van der Waals surface area contributed by atoms with E-state index in [0.29, 0.717) is 58.6 Å². The van der Waals surface area contributed by atoms with E-state index in [9.17, 15) is 16.8 Å². The molecule has 3 aromatic rings. The van der Waals surface area contributed by atoms with E-state index in [2.05, 4.69) is 0 Å². The van der Waals surface area contributed by atoms with Crippen LogP contribution in [0.4, 0.5) is 0 Å². The molecule has 4 rings (SSSR count). The van der Waals surface area contributed by atoms with Crippen molar-refractivity contribution in [3.05, 3.63) is 60.2 Å². The van der Waals surface area contributed by atoms with Gasteiger partial charge in [0.15, 0.2) is 23.0 Å². The van der Waals surface area contributed by atoms with Gasteiger partial charge in [-0.25, -0.2) is 0 Å². The van der Waals surface area contributed by atoms with Crippen molar-refractivity contribution >= 4 is 20.2 Å². The van der Waals surface area contributed by atoms with Crippen LogP contribution in [0.2, 0.25) is 0 Å². The molecule has 0 N–H and O–H groups in total. The van der Waals surface area contributed by atoms with E-state index in [0.717, 1.165) is 30.9 Å². The van der Waals surface area contributed by atoms with Crippen LogP contribution in [-0.4, -0.2) is 56.8 Å². The van der Waals surface area contributed by atoms with Crippen molar-refractivity contribution in [1.82, 2.24) is 0 Å². The number of allylic oxidation sites excluding steroid dienone is 1. The molecule has 0 aliphatic heterocycles. The summed E-state index contributed by atoms with van der Waals surface area (Å²) in [6.07, 6.45) is 5.86. The van der Waals surface area contributed by atoms with Gasteiger partial charge in [-0.05, 0) is 80.1 Å². The minimum absolute atomic E-state index is 0.0470. The molecule has 1 saturated carbocycles. The van der Waals surface area contributed by atoms with E-state index in [1.807, 2.05) is 19.9 Å². The van der Waals surface area contributed by atoms with Gasteiger partial charge in [0, 0.05) is 5.56 Å². The Bertz CT molecular complexity index is 1700. The molecule has 0 saturated heterocycles. The Morgan fingerprint density at radius 2 is 1.40 bits per heavy atom. The van der Waals surface area contributed by atoms with Crippen molar-refractivity contribution in [2.75, 3.05) is 39.9 Å². The molecule has 43 heavy (non-hydrogen) atoms. The van der Waals surface area contributed by atoms with Gasteiger partial charge < -0.3 is 27.3 Å². The Morgan fingerprint density at radius 3 is 1.95 bits per heavy atom. The van der Waals surface area contributed by atoms with Crippen molar-refractivity contribution in [2.24, 2.45) is 5.92 Å². The molecule has 232 valence electrons. The van der Waals surface area contributed by atoms with Gasteiger partial charge in [-0.2, -0.15) is 16.8 Å². The summed E-state index contributed by atoms with van der Waals surface area (Å²) >= 11 is 0. The molecule has 0 amide bonds. The smallest absolute Gasteiger partial charge is 0.306 e. The van der Waals surface area contributed by atoms with E-state index in [-0.39, 0.29) is 17.2 Å².